The molecular weight excluding hydrogens is 264 g/mol. The zero-order valence-corrected chi connectivity index (χ0v) is 11.1. The van der Waals surface area contributed by atoms with Gasteiger partial charge in [0, 0.05) is 18.1 Å². The van der Waals surface area contributed by atoms with E-state index >= 15 is 0 Å². The molecule has 108 valence electrons. The minimum absolute atomic E-state index is 0.0561. The van der Waals surface area contributed by atoms with Crippen molar-refractivity contribution in [1.29, 1.82) is 0 Å². The third-order valence-corrected chi connectivity index (χ3v) is 2.62. The number of benzene rings is 1. The smallest absolute Gasteiger partial charge is 0.311 e. The Bertz CT molecular complexity index is 527. The number of unbranched alkanes of at least 4 members (excludes halogenated alkanes) is 1. The van der Waals surface area contributed by atoms with E-state index in [1.807, 2.05) is 0 Å². The van der Waals surface area contributed by atoms with Crippen LogP contribution in [-0.4, -0.2) is 23.2 Å². The van der Waals surface area contributed by atoms with E-state index in [4.69, 9.17) is 10.5 Å². The second kappa shape index (κ2) is 7.22. The summed E-state index contributed by atoms with van der Waals surface area (Å²) in [5, 5.41) is 10.9. The van der Waals surface area contributed by atoms with Crippen molar-refractivity contribution >= 4 is 17.4 Å². The standard InChI is InChI=1S/C13H16N2O5/c1-9(16)4-2-3-7-20-12-6-5-10(13(14)17)8-11(12)15(18)19/h5-6,8H,2-4,7H2,1H3,(H2,14,17). The number of ketones is 1. The molecule has 0 aliphatic carbocycles. The first kappa shape index (κ1) is 15.6. The fraction of sp³-hybridized carbons (Fsp3) is 0.385. The van der Waals surface area contributed by atoms with E-state index in [1.165, 1.54) is 19.1 Å². The van der Waals surface area contributed by atoms with Gasteiger partial charge in [-0.2, -0.15) is 0 Å². The molecule has 0 aliphatic rings. The molecule has 0 aliphatic heterocycles. The van der Waals surface area contributed by atoms with Gasteiger partial charge in [-0.25, -0.2) is 0 Å². The average Bonchev–Trinajstić information content (AvgIpc) is 2.37. The van der Waals surface area contributed by atoms with Crippen LogP contribution >= 0.6 is 0 Å². The molecule has 0 unspecified atom stereocenters. The van der Waals surface area contributed by atoms with E-state index in [2.05, 4.69) is 0 Å². The fourth-order valence-electron chi connectivity index (χ4n) is 1.59. The van der Waals surface area contributed by atoms with Crippen LogP contribution in [0.3, 0.4) is 0 Å². The van der Waals surface area contributed by atoms with Crippen LogP contribution in [0.1, 0.15) is 36.5 Å². The number of carbonyl (C=O) groups is 2. The topological polar surface area (TPSA) is 113 Å². The van der Waals surface area contributed by atoms with Crippen LogP contribution in [0, 0.1) is 10.1 Å². The molecule has 7 heteroatoms. The number of carbonyl (C=O) groups excluding carboxylic acids is 2. The fourth-order valence-corrected chi connectivity index (χ4v) is 1.59. The van der Waals surface area contributed by atoms with Gasteiger partial charge in [0.2, 0.25) is 5.91 Å². The van der Waals surface area contributed by atoms with Gasteiger partial charge >= 0.3 is 5.69 Å². The molecule has 0 fully saturated rings. The first-order valence-electron chi connectivity index (χ1n) is 6.12. The second-order valence-corrected chi connectivity index (χ2v) is 4.31. The first-order valence-corrected chi connectivity index (χ1v) is 6.12. The summed E-state index contributed by atoms with van der Waals surface area (Å²) in [6, 6.07) is 3.82. The first-order chi connectivity index (χ1) is 9.41. The molecule has 2 N–H and O–H groups in total. The molecule has 1 rings (SSSR count). The zero-order valence-electron chi connectivity index (χ0n) is 11.1. The summed E-state index contributed by atoms with van der Waals surface area (Å²) in [6.07, 6.45) is 1.75. The lowest BCUT2D eigenvalue weighted by Crippen LogP contribution is -2.11. The lowest BCUT2D eigenvalue weighted by Gasteiger charge is -2.07. The van der Waals surface area contributed by atoms with E-state index in [9.17, 15) is 19.7 Å². The lowest BCUT2D eigenvalue weighted by atomic mass is 10.2. The molecule has 1 aromatic carbocycles. The van der Waals surface area contributed by atoms with Crippen LogP contribution in [0.25, 0.3) is 0 Å². The monoisotopic (exact) mass is 280 g/mol. The summed E-state index contributed by atoms with van der Waals surface area (Å²) < 4.78 is 5.31. The van der Waals surface area contributed by atoms with E-state index in [-0.39, 0.29) is 29.4 Å². The molecule has 1 amide bonds. The summed E-state index contributed by atoms with van der Waals surface area (Å²) in [5.74, 6) is -0.550. The molecule has 0 saturated carbocycles. The van der Waals surface area contributed by atoms with Crippen molar-refractivity contribution in [2.75, 3.05) is 6.61 Å². The maximum atomic E-state index is 11.0. The van der Waals surface area contributed by atoms with E-state index in [1.54, 1.807) is 0 Å². The maximum Gasteiger partial charge on any atom is 0.311 e. The van der Waals surface area contributed by atoms with Gasteiger partial charge in [0.1, 0.15) is 5.78 Å². The van der Waals surface area contributed by atoms with Gasteiger partial charge < -0.3 is 15.3 Å². The van der Waals surface area contributed by atoms with Crippen molar-refractivity contribution in [3.8, 4) is 5.75 Å². The molecule has 1 aromatic rings. The van der Waals surface area contributed by atoms with Crippen LogP contribution in [-0.2, 0) is 4.79 Å². The maximum absolute atomic E-state index is 11.0. The van der Waals surface area contributed by atoms with Crippen LogP contribution in [0.5, 0.6) is 5.75 Å². The molecule has 0 aromatic heterocycles. The van der Waals surface area contributed by atoms with Gasteiger partial charge in [-0.1, -0.05) is 0 Å². The van der Waals surface area contributed by atoms with Crippen molar-refractivity contribution in [3.05, 3.63) is 33.9 Å². The minimum atomic E-state index is -0.735. The van der Waals surface area contributed by atoms with Gasteiger partial charge in [-0.3, -0.25) is 14.9 Å². The number of hydrogen-bond donors (Lipinski definition) is 1. The van der Waals surface area contributed by atoms with E-state index < -0.39 is 10.8 Å². The van der Waals surface area contributed by atoms with Gasteiger partial charge in [0.05, 0.1) is 11.5 Å². The van der Waals surface area contributed by atoms with Gasteiger partial charge in [0.25, 0.3) is 0 Å². The Morgan fingerprint density at radius 3 is 2.60 bits per heavy atom. The summed E-state index contributed by atoms with van der Waals surface area (Å²) in [5.41, 5.74) is 4.82. The lowest BCUT2D eigenvalue weighted by molar-refractivity contribution is -0.385. The second-order valence-electron chi connectivity index (χ2n) is 4.31. The predicted octanol–water partition coefficient (Wildman–Crippen LogP) is 1.83. The summed E-state index contributed by atoms with van der Waals surface area (Å²) in [7, 11) is 0. The number of nitrogens with two attached hydrogens (primary N) is 1. The Balaban J connectivity index is 2.67. The Morgan fingerprint density at radius 1 is 1.35 bits per heavy atom. The van der Waals surface area contributed by atoms with Crippen molar-refractivity contribution in [2.24, 2.45) is 5.73 Å². The highest BCUT2D eigenvalue weighted by Gasteiger charge is 2.17. The van der Waals surface area contributed by atoms with Crippen molar-refractivity contribution in [3.63, 3.8) is 0 Å². The third kappa shape index (κ3) is 4.68. The highest BCUT2D eigenvalue weighted by Crippen LogP contribution is 2.28. The Kier molecular flexibility index (Phi) is 5.64. The SMILES string of the molecule is CC(=O)CCCCOc1ccc(C(N)=O)cc1[N+](=O)[O-]. The zero-order chi connectivity index (χ0) is 15.1. The number of ether oxygens (including phenoxy) is 1. The number of hydrogen-bond acceptors (Lipinski definition) is 5. The van der Waals surface area contributed by atoms with Crippen molar-refractivity contribution in [2.45, 2.75) is 26.2 Å². The van der Waals surface area contributed by atoms with Crippen LogP contribution < -0.4 is 10.5 Å². The number of amides is 1. The predicted molar refractivity (Wildman–Crippen MR) is 71.6 cm³/mol. The van der Waals surface area contributed by atoms with E-state index in [0.29, 0.717) is 19.3 Å². The molecular formula is C13H16N2O5. The number of Topliss-reactive ketones (excluding diaryl/α,β-unsaturated/α-hetero) is 1. The number of nitro benzene ring substituents is 1. The molecule has 0 spiro atoms. The van der Waals surface area contributed by atoms with Crippen molar-refractivity contribution < 1.29 is 19.2 Å². The molecule has 0 atom stereocenters. The summed E-state index contributed by atoms with van der Waals surface area (Å²) >= 11 is 0. The molecule has 0 saturated heterocycles. The normalized spacial score (nSPS) is 10.1. The Hall–Kier alpha value is -2.44. The van der Waals surface area contributed by atoms with Crippen LogP contribution in [0.4, 0.5) is 5.69 Å². The Labute approximate surface area is 115 Å². The van der Waals surface area contributed by atoms with Crippen molar-refractivity contribution in [1.82, 2.24) is 0 Å². The summed E-state index contributed by atoms with van der Waals surface area (Å²) in [6.45, 7) is 1.78. The van der Waals surface area contributed by atoms with Gasteiger partial charge in [0.15, 0.2) is 5.75 Å². The quantitative estimate of drug-likeness (QED) is 0.443. The average molecular weight is 280 g/mol. The number of primary amides is 1. The van der Waals surface area contributed by atoms with Gasteiger partial charge in [-0.05, 0) is 31.9 Å². The molecule has 20 heavy (non-hydrogen) atoms. The number of nitro groups is 1. The van der Waals surface area contributed by atoms with Crippen LogP contribution in [0.15, 0.2) is 18.2 Å². The van der Waals surface area contributed by atoms with Crippen LogP contribution in [0.2, 0.25) is 0 Å². The molecule has 0 bridgehead atoms. The minimum Gasteiger partial charge on any atom is -0.487 e. The Morgan fingerprint density at radius 2 is 2.05 bits per heavy atom. The summed E-state index contributed by atoms with van der Waals surface area (Å²) in [4.78, 5) is 32.0. The number of rotatable bonds is 8. The molecule has 0 heterocycles. The largest absolute Gasteiger partial charge is 0.487 e. The molecule has 0 radical (unpaired) electrons. The van der Waals surface area contributed by atoms with Gasteiger partial charge in [-0.15, -0.1) is 0 Å². The third-order valence-electron chi connectivity index (χ3n) is 2.62. The van der Waals surface area contributed by atoms with E-state index in [0.717, 1.165) is 6.07 Å². The number of nitrogens with zero attached hydrogens (tertiary/aromatic N) is 1. The highest BCUT2D eigenvalue weighted by molar-refractivity contribution is 5.93. The highest BCUT2D eigenvalue weighted by atomic mass is 16.6. The molecule has 7 nitrogen and oxygen atoms in total.